The minimum atomic E-state index is -0.483. The Kier molecular flexibility index (Phi) is 2.24. The van der Waals surface area contributed by atoms with Crippen LogP contribution in [-0.4, -0.2) is 18.1 Å². The Morgan fingerprint density at radius 2 is 2.36 bits per heavy atom. The number of nitrogens with two attached hydrogens (primary N) is 1. The highest BCUT2D eigenvalue weighted by atomic mass is 16.5. The molecule has 0 atom stereocenters. The molecule has 0 fully saturated rings. The van der Waals surface area contributed by atoms with Crippen molar-refractivity contribution in [1.29, 1.82) is 0 Å². The first-order valence-electron chi connectivity index (χ1n) is 4.26. The first-order chi connectivity index (χ1) is 6.81. The maximum atomic E-state index is 10.9. The number of oxazole rings is 1. The number of H-pyrrole nitrogens is 1. The standard InChI is InChI=1S/C9H10N2O3/c10-4-5-13-6-2-1-3-7-8(6)11-9(12)14-7/h1-3H,4-5,10H2,(H,11,12). The van der Waals surface area contributed by atoms with Gasteiger partial charge in [0.2, 0.25) is 0 Å². The predicted molar refractivity (Wildman–Crippen MR) is 51.4 cm³/mol. The average molecular weight is 194 g/mol. The van der Waals surface area contributed by atoms with Crippen molar-refractivity contribution in [3.63, 3.8) is 0 Å². The van der Waals surface area contributed by atoms with E-state index in [1.807, 2.05) is 0 Å². The van der Waals surface area contributed by atoms with Crippen LogP contribution in [0.15, 0.2) is 27.4 Å². The van der Waals surface area contributed by atoms with Crippen LogP contribution in [0.5, 0.6) is 5.75 Å². The van der Waals surface area contributed by atoms with Crippen molar-refractivity contribution in [2.75, 3.05) is 13.2 Å². The summed E-state index contributed by atoms with van der Waals surface area (Å²) >= 11 is 0. The monoisotopic (exact) mass is 194 g/mol. The molecule has 3 N–H and O–H groups in total. The number of ether oxygens (including phenoxy) is 1. The average Bonchev–Trinajstić information content (AvgIpc) is 2.55. The second-order valence-electron chi connectivity index (χ2n) is 2.78. The largest absolute Gasteiger partial charge is 0.490 e. The van der Waals surface area contributed by atoms with Crippen molar-refractivity contribution in [1.82, 2.24) is 4.98 Å². The van der Waals surface area contributed by atoms with Crippen LogP contribution in [-0.2, 0) is 0 Å². The number of aromatic nitrogens is 1. The second-order valence-corrected chi connectivity index (χ2v) is 2.78. The van der Waals surface area contributed by atoms with Crippen molar-refractivity contribution in [3.8, 4) is 5.75 Å². The van der Waals surface area contributed by atoms with Crippen LogP contribution >= 0.6 is 0 Å². The molecule has 1 aromatic carbocycles. The van der Waals surface area contributed by atoms with Gasteiger partial charge in [0, 0.05) is 6.54 Å². The summed E-state index contributed by atoms with van der Waals surface area (Å²) in [4.78, 5) is 13.5. The fourth-order valence-corrected chi connectivity index (χ4v) is 1.24. The van der Waals surface area contributed by atoms with Gasteiger partial charge in [-0.1, -0.05) is 6.07 Å². The van der Waals surface area contributed by atoms with Gasteiger partial charge in [-0.3, -0.25) is 4.98 Å². The molecular weight excluding hydrogens is 184 g/mol. The zero-order valence-corrected chi connectivity index (χ0v) is 7.45. The molecule has 74 valence electrons. The molecule has 0 aliphatic heterocycles. The molecule has 0 saturated heterocycles. The topological polar surface area (TPSA) is 81.2 Å². The third-order valence-corrected chi connectivity index (χ3v) is 1.79. The van der Waals surface area contributed by atoms with E-state index >= 15 is 0 Å². The summed E-state index contributed by atoms with van der Waals surface area (Å²) in [5, 5.41) is 0. The molecule has 0 bridgehead atoms. The highest BCUT2D eigenvalue weighted by Gasteiger charge is 2.06. The zero-order valence-electron chi connectivity index (χ0n) is 7.45. The van der Waals surface area contributed by atoms with Gasteiger partial charge >= 0.3 is 5.76 Å². The van der Waals surface area contributed by atoms with Crippen LogP contribution in [0, 0.1) is 0 Å². The third-order valence-electron chi connectivity index (χ3n) is 1.79. The lowest BCUT2D eigenvalue weighted by molar-refractivity contribution is 0.331. The summed E-state index contributed by atoms with van der Waals surface area (Å²) < 4.78 is 10.2. The lowest BCUT2D eigenvalue weighted by atomic mass is 10.3. The maximum absolute atomic E-state index is 10.9. The van der Waals surface area contributed by atoms with E-state index in [0.717, 1.165) is 0 Å². The number of para-hydroxylation sites is 1. The van der Waals surface area contributed by atoms with Crippen molar-refractivity contribution in [3.05, 3.63) is 28.7 Å². The van der Waals surface area contributed by atoms with Gasteiger partial charge in [0.1, 0.15) is 17.9 Å². The number of nitrogens with one attached hydrogen (secondary N) is 1. The highest BCUT2D eigenvalue weighted by Crippen LogP contribution is 2.21. The van der Waals surface area contributed by atoms with Crippen LogP contribution in [0.3, 0.4) is 0 Å². The van der Waals surface area contributed by atoms with Gasteiger partial charge < -0.3 is 14.9 Å². The van der Waals surface area contributed by atoms with E-state index in [1.165, 1.54) is 0 Å². The fraction of sp³-hybridized carbons (Fsp3) is 0.222. The summed E-state index contributed by atoms with van der Waals surface area (Å²) in [5.74, 6) is 0.0996. The van der Waals surface area contributed by atoms with Crippen LogP contribution in [0.4, 0.5) is 0 Å². The first kappa shape index (κ1) is 8.83. The molecule has 0 saturated carbocycles. The molecule has 1 heterocycles. The summed E-state index contributed by atoms with van der Waals surface area (Å²) in [5.41, 5.74) is 6.37. The number of hydrogen-bond donors (Lipinski definition) is 2. The summed E-state index contributed by atoms with van der Waals surface area (Å²) in [6.07, 6.45) is 0. The molecule has 0 aliphatic rings. The minimum Gasteiger partial charge on any atom is -0.490 e. The molecule has 0 radical (unpaired) electrons. The molecule has 0 unspecified atom stereocenters. The first-order valence-corrected chi connectivity index (χ1v) is 4.26. The Morgan fingerprint density at radius 3 is 3.14 bits per heavy atom. The van der Waals surface area contributed by atoms with Gasteiger partial charge in [0.15, 0.2) is 5.58 Å². The number of hydrogen-bond acceptors (Lipinski definition) is 4. The van der Waals surface area contributed by atoms with E-state index in [9.17, 15) is 4.79 Å². The molecule has 5 heteroatoms. The number of fused-ring (bicyclic) bond motifs is 1. The maximum Gasteiger partial charge on any atom is 0.417 e. The molecule has 5 nitrogen and oxygen atoms in total. The molecular formula is C9H10N2O3. The quantitative estimate of drug-likeness (QED) is 0.743. The van der Waals surface area contributed by atoms with Crippen LogP contribution in [0.2, 0.25) is 0 Å². The Labute approximate surface area is 79.5 Å². The SMILES string of the molecule is NCCOc1cccc2oc(=O)[nH]c12. The van der Waals surface area contributed by atoms with E-state index in [0.29, 0.717) is 30.0 Å². The number of rotatable bonds is 3. The summed E-state index contributed by atoms with van der Waals surface area (Å²) in [6.45, 7) is 0.838. The van der Waals surface area contributed by atoms with E-state index in [-0.39, 0.29) is 0 Å². The Hall–Kier alpha value is -1.75. The Morgan fingerprint density at radius 1 is 1.50 bits per heavy atom. The summed E-state index contributed by atoms with van der Waals surface area (Å²) in [6, 6.07) is 5.21. The van der Waals surface area contributed by atoms with Crippen molar-refractivity contribution in [2.24, 2.45) is 5.73 Å². The Balaban J connectivity index is 2.47. The number of benzene rings is 1. The highest BCUT2D eigenvalue weighted by molar-refractivity contribution is 5.79. The lowest BCUT2D eigenvalue weighted by Crippen LogP contribution is -2.10. The lowest BCUT2D eigenvalue weighted by Gasteiger charge is -2.03. The fourth-order valence-electron chi connectivity index (χ4n) is 1.24. The minimum absolute atomic E-state index is 0.409. The van der Waals surface area contributed by atoms with Crippen molar-refractivity contribution in [2.45, 2.75) is 0 Å². The molecule has 2 aromatic rings. The van der Waals surface area contributed by atoms with Crippen molar-refractivity contribution < 1.29 is 9.15 Å². The van der Waals surface area contributed by atoms with Crippen LogP contribution < -0.4 is 16.2 Å². The van der Waals surface area contributed by atoms with Crippen molar-refractivity contribution >= 4 is 11.1 Å². The van der Waals surface area contributed by atoms with E-state index in [1.54, 1.807) is 18.2 Å². The second kappa shape index (κ2) is 3.55. The molecule has 14 heavy (non-hydrogen) atoms. The van der Waals surface area contributed by atoms with Gasteiger partial charge in [-0.15, -0.1) is 0 Å². The molecule has 0 spiro atoms. The number of aromatic amines is 1. The van der Waals surface area contributed by atoms with E-state index in [2.05, 4.69) is 4.98 Å². The third kappa shape index (κ3) is 1.49. The van der Waals surface area contributed by atoms with Gasteiger partial charge in [-0.25, -0.2) is 4.79 Å². The molecule has 2 rings (SSSR count). The van der Waals surface area contributed by atoms with Gasteiger partial charge in [0.25, 0.3) is 0 Å². The summed E-state index contributed by atoms with van der Waals surface area (Å²) in [7, 11) is 0. The van der Waals surface area contributed by atoms with Crippen LogP contribution in [0.1, 0.15) is 0 Å². The van der Waals surface area contributed by atoms with Gasteiger partial charge in [0.05, 0.1) is 0 Å². The Bertz CT molecular complexity index is 486. The molecule has 1 aromatic heterocycles. The smallest absolute Gasteiger partial charge is 0.417 e. The van der Waals surface area contributed by atoms with Crippen LogP contribution in [0.25, 0.3) is 11.1 Å². The van der Waals surface area contributed by atoms with Gasteiger partial charge in [-0.05, 0) is 12.1 Å². The predicted octanol–water partition coefficient (Wildman–Crippen LogP) is 0.459. The molecule has 0 amide bonds. The normalized spacial score (nSPS) is 10.6. The zero-order chi connectivity index (χ0) is 9.97. The molecule has 0 aliphatic carbocycles. The van der Waals surface area contributed by atoms with E-state index < -0.39 is 5.76 Å². The van der Waals surface area contributed by atoms with E-state index in [4.69, 9.17) is 14.9 Å². The van der Waals surface area contributed by atoms with Gasteiger partial charge in [-0.2, -0.15) is 0 Å².